The normalized spacial score (nSPS) is 17.9. The third-order valence-corrected chi connectivity index (χ3v) is 4.19. The van der Waals surface area contributed by atoms with Crippen LogP contribution in [0, 0.1) is 0 Å². The molecule has 0 aromatic carbocycles. The predicted octanol–water partition coefficient (Wildman–Crippen LogP) is 1.37. The van der Waals surface area contributed by atoms with E-state index in [0.29, 0.717) is 30.5 Å². The Kier molecular flexibility index (Phi) is 5.32. The number of halogens is 1. The van der Waals surface area contributed by atoms with Crippen LogP contribution in [0.15, 0.2) is 30.7 Å². The molecule has 0 saturated carbocycles. The van der Waals surface area contributed by atoms with Crippen molar-refractivity contribution in [2.45, 2.75) is 25.5 Å². The molecule has 0 radical (unpaired) electrons. The van der Waals surface area contributed by atoms with Gasteiger partial charge in [0.2, 0.25) is 5.91 Å². The summed E-state index contributed by atoms with van der Waals surface area (Å²) in [5.41, 5.74) is 6.82. The number of pyridine rings is 1. The Balaban J connectivity index is 1.51. The summed E-state index contributed by atoms with van der Waals surface area (Å²) in [6, 6.07) is 3.82. The van der Waals surface area contributed by atoms with Gasteiger partial charge in [0.05, 0.1) is 23.9 Å². The molecule has 24 heavy (non-hydrogen) atoms. The van der Waals surface area contributed by atoms with E-state index >= 15 is 0 Å². The zero-order chi connectivity index (χ0) is 16.9. The number of nitrogens with zero attached hydrogens (tertiary/aromatic N) is 4. The average Bonchev–Trinajstić information content (AvgIpc) is 2.98. The third kappa shape index (κ3) is 4.46. The fourth-order valence-corrected chi connectivity index (χ4v) is 2.92. The average molecular weight is 350 g/mol. The SMILES string of the molecule is Nc1cc(CC[C@@H]2CN(C(=O)Cn3cc(Cl)cn3)CCO2)ccn1. The van der Waals surface area contributed by atoms with Crippen LogP contribution in [-0.4, -0.2) is 51.4 Å². The molecule has 3 heterocycles. The van der Waals surface area contributed by atoms with Gasteiger partial charge < -0.3 is 15.4 Å². The van der Waals surface area contributed by atoms with E-state index in [9.17, 15) is 4.79 Å². The number of amides is 1. The fourth-order valence-electron chi connectivity index (χ4n) is 2.76. The van der Waals surface area contributed by atoms with Gasteiger partial charge in [0.15, 0.2) is 0 Å². The first kappa shape index (κ1) is 16.7. The largest absolute Gasteiger partial charge is 0.384 e. The first-order valence-corrected chi connectivity index (χ1v) is 8.25. The van der Waals surface area contributed by atoms with Gasteiger partial charge in [-0.2, -0.15) is 5.10 Å². The summed E-state index contributed by atoms with van der Waals surface area (Å²) >= 11 is 5.82. The molecule has 1 fully saturated rings. The lowest BCUT2D eigenvalue weighted by molar-refractivity contribution is -0.139. The van der Waals surface area contributed by atoms with Crippen LogP contribution >= 0.6 is 11.6 Å². The van der Waals surface area contributed by atoms with Crippen molar-refractivity contribution in [3.8, 4) is 0 Å². The highest BCUT2D eigenvalue weighted by molar-refractivity contribution is 6.30. The zero-order valence-corrected chi connectivity index (χ0v) is 14.0. The van der Waals surface area contributed by atoms with Crippen molar-refractivity contribution in [3.05, 3.63) is 41.3 Å². The van der Waals surface area contributed by atoms with E-state index in [1.54, 1.807) is 17.1 Å². The lowest BCUT2D eigenvalue weighted by Gasteiger charge is -2.33. The van der Waals surface area contributed by atoms with Crippen LogP contribution in [0.3, 0.4) is 0 Å². The molecule has 7 nitrogen and oxygen atoms in total. The molecule has 2 aromatic rings. The molecule has 1 aliphatic rings. The summed E-state index contributed by atoms with van der Waals surface area (Å²) in [5, 5.41) is 4.57. The standard InChI is InChI=1S/C16H20ClN5O2/c17-13-8-20-22(9-13)11-16(23)21-5-6-24-14(10-21)2-1-12-3-4-19-15(18)7-12/h3-4,7-9,14H,1-2,5-6,10-11H2,(H2,18,19)/t14-/m1/s1. The molecule has 128 valence electrons. The number of morpholine rings is 1. The van der Waals surface area contributed by atoms with Gasteiger partial charge in [0.25, 0.3) is 0 Å². The molecule has 8 heteroatoms. The first-order chi connectivity index (χ1) is 11.6. The fraction of sp³-hybridized carbons (Fsp3) is 0.438. The zero-order valence-electron chi connectivity index (χ0n) is 13.3. The highest BCUT2D eigenvalue weighted by atomic mass is 35.5. The van der Waals surface area contributed by atoms with Crippen molar-refractivity contribution < 1.29 is 9.53 Å². The molecule has 1 aliphatic heterocycles. The Hall–Kier alpha value is -2.12. The number of hydrogen-bond acceptors (Lipinski definition) is 5. The Bertz CT molecular complexity index is 705. The van der Waals surface area contributed by atoms with Crippen LogP contribution in [0.25, 0.3) is 0 Å². The third-order valence-electron chi connectivity index (χ3n) is 3.99. The molecule has 0 spiro atoms. The second kappa shape index (κ2) is 7.63. The van der Waals surface area contributed by atoms with Gasteiger partial charge in [0, 0.05) is 25.5 Å². The molecule has 2 aromatic heterocycles. The summed E-state index contributed by atoms with van der Waals surface area (Å²) in [6.45, 7) is 1.94. The highest BCUT2D eigenvalue weighted by Crippen LogP contribution is 2.14. The Morgan fingerprint density at radius 2 is 2.38 bits per heavy atom. The smallest absolute Gasteiger partial charge is 0.244 e. The maximum atomic E-state index is 12.4. The van der Waals surface area contributed by atoms with Crippen molar-refractivity contribution in [3.63, 3.8) is 0 Å². The second-order valence-corrected chi connectivity index (χ2v) is 6.25. The van der Waals surface area contributed by atoms with Crippen molar-refractivity contribution in [1.82, 2.24) is 19.7 Å². The van der Waals surface area contributed by atoms with Crippen molar-refractivity contribution in [2.24, 2.45) is 0 Å². The van der Waals surface area contributed by atoms with E-state index in [0.717, 1.165) is 18.4 Å². The number of hydrogen-bond donors (Lipinski definition) is 1. The number of nitrogen functional groups attached to an aromatic ring is 1. The Morgan fingerprint density at radius 3 is 3.12 bits per heavy atom. The second-order valence-electron chi connectivity index (χ2n) is 5.82. The van der Waals surface area contributed by atoms with Crippen LogP contribution < -0.4 is 5.73 Å². The lowest BCUT2D eigenvalue weighted by atomic mass is 10.1. The van der Waals surface area contributed by atoms with Crippen LogP contribution in [0.2, 0.25) is 5.02 Å². The highest BCUT2D eigenvalue weighted by Gasteiger charge is 2.24. The molecule has 0 aliphatic carbocycles. The topological polar surface area (TPSA) is 86.3 Å². The van der Waals surface area contributed by atoms with Gasteiger partial charge in [-0.05, 0) is 30.5 Å². The number of aryl methyl sites for hydroxylation is 1. The summed E-state index contributed by atoms with van der Waals surface area (Å²) in [4.78, 5) is 18.2. The molecule has 1 amide bonds. The van der Waals surface area contributed by atoms with Gasteiger partial charge in [-0.25, -0.2) is 4.98 Å². The Labute approximate surface area is 145 Å². The van der Waals surface area contributed by atoms with E-state index in [2.05, 4.69) is 10.1 Å². The van der Waals surface area contributed by atoms with E-state index in [1.807, 2.05) is 17.0 Å². The van der Waals surface area contributed by atoms with E-state index in [-0.39, 0.29) is 18.6 Å². The monoisotopic (exact) mass is 349 g/mol. The van der Waals surface area contributed by atoms with E-state index in [4.69, 9.17) is 22.1 Å². The minimum Gasteiger partial charge on any atom is -0.384 e. The van der Waals surface area contributed by atoms with E-state index < -0.39 is 0 Å². The van der Waals surface area contributed by atoms with Crippen LogP contribution in [0.5, 0.6) is 0 Å². The minimum atomic E-state index is 0.0243. The van der Waals surface area contributed by atoms with Gasteiger partial charge in [0.1, 0.15) is 12.4 Å². The van der Waals surface area contributed by atoms with Crippen molar-refractivity contribution in [2.75, 3.05) is 25.4 Å². The molecular formula is C16H20ClN5O2. The van der Waals surface area contributed by atoms with Gasteiger partial charge in [-0.1, -0.05) is 11.6 Å². The first-order valence-electron chi connectivity index (χ1n) is 7.88. The van der Waals surface area contributed by atoms with Crippen molar-refractivity contribution in [1.29, 1.82) is 0 Å². The Morgan fingerprint density at radius 1 is 1.50 bits per heavy atom. The molecule has 0 bridgehead atoms. The van der Waals surface area contributed by atoms with Crippen LogP contribution in [0.4, 0.5) is 5.82 Å². The number of aromatic nitrogens is 3. The summed E-state index contributed by atoms with van der Waals surface area (Å²) in [7, 11) is 0. The number of nitrogens with two attached hydrogens (primary N) is 1. The quantitative estimate of drug-likeness (QED) is 0.881. The summed E-state index contributed by atoms with van der Waals surface area (Å²) < 4.78 is 7.33. The number of anilines is 1. The van der Waals surface area contributed by atoms with Gasteiger partial charge >= 0.3 is 0 Å². The van der Waals surface area contributed by atoms with Crippen LogP contribution in [0.1, 0.15) is 12.0 Å². The molecule has 2 N–H and O–H groups in total. The van der Waals surface area contributed by atoms with Gasteiger partial charge in [-0.15, -0.1) is 0 Å². The molecular weight excluding hydrogens is 330 g/mol. The summed E-state index contributed by atoms with van der Waals surface area (Å²) in [6.07, 6.45) is 6.58. The molecule has 1 atom stereocenters. The molecule has 3 rings (SSSR count). The predicted molar refractivity (Wildman–Crippen MR) is 90.5 cm³/mol. The lowest BCUT2D eigenvalue weighted by Crippen LogP contribution is -2.46. The molecule has 0 unspecified atom stereocenters. The molecule has 1 saturated heterocycles. The number of ether oxygens (including phenoxy) is 1. The minimum absolute atomic E-state index is 0.0243. The maximum Gasteiger partial charge on any atom is 0.244 e. The van der Waals surface area contributed by atoms with Crippen molar-refractivity contribution >= 4 is 23.3 Å². The van der Waals surface area contributed by atoms with E-state index in [1.165, 1.54) is 6.20 Å². The number of carbonyl (C=O) groups excluding carboxylic acids is 1. The number of carbonyl (C=O) groups is 1. The summed E-state index contributed by atoms with van der Waals surface area (Å²) in [5.74, 6) is 0.544. The maximum absolute atomic E-state index is 12.4. The number of rotatable bonds is 5. The van der Waals surface area contributed by atoms with Crippen LogP contribution in [-0.2, 0) is 22.5 Å². The van der Waals surface area contributed by atoms with Gasteiger partial charge in [-0.3, -0.25) is 9.48 Å².